The maximum Gasteiger partial charge on any atom is 0.407 e. The number of alkyl carbamates (subject to hydrolysis) is 1. The maximum atomic E-state index is 11.7. The lowest BCUT2D eigenvalue weighted by atomic mass is 10.0. The fraction of sp³-hybridized carbons (Fsp3) is 0.529. The number of carbonyl (C=O) groups excluding carboxylic acids is 2. The van der Waals surface area contributed by atoms with Gasteiger partial charge in [-0.2, -0.15) is 0 Å². The number of hydrogen-bond acceptors (Lipinski definition) is 3. The van der Waals surface area contributed by atoms with Gasteiger partial charge in [0.2, 0.25) is 5.91 Å². The smallest absolute Gasteiger partial charge is 0.407 e. The van der Waals surface area contributed by atoms with Crippen molar-refractivity contribution in [2.45, 2.75) is 45.6 Å². The third-order valence-electron chi connectivity index (χ3n) is 2.99. The molecule has 0 unspecified atom stereocenters. The highest BCUT2D eigenvalue weighted by atomic mass is 16.6. The second kappa shape index (κ2) is 8.41. The molecule has 22 heavy (non-hydrogen) atoms. The van der Waals surface area contributed by atoms with Gasteiger partial charge in [0.05, 0.1) is 0 Å². The zero-order valence-electron chi connectivity index (χ0n) is 13.8. The van der Waals surface area contributed by atoms with Gasteiger partial charge in [-0.1, -0.05) is 37.3 Å². The van der Waals surface area contributed by atoms with Crippen molar-refractivity contribution in [3.05, 3.63) is 35.9 Å². The first-order valence-corrected chi connectivity index (χ1v) is 7.56. The van der Waals surface area contributed by atoms with Crippen molar-refractivity contribution in [3.8, 4) is 0 Å². The summed E-state index contributed by atoms with van der Waals surface area (Å²) in [7, 11) is 0. The van der Waals surface area contributed by atoms with Gasteiger partial charge in [-0.05, 0) is 32.3 Å². The summed E-state index contributed by atoms with van der Waals surface area (Å²) in [5.74, 6) is 0.169. The van der Waals surface area contributed by atoms with Crippen LogP contribution in [-0.4, -0.2) is 30.7 Å². The quantitative estimate of drug-likeness (QED) is 0.849. The molecule has 2 amide bonds. The minimum Gasteiger partial charge on any atom is -0.444 e. The summed E-state index contributed by atoms with van der Waals surface area (Å²) >= 11 is 0. The lowest BCUT2D eigenvalue weighted by molar-refractivity contribution is -0.121. The first-order valence-electron chi connectivity index (χ1n) is 7.56. The van der Waals surface area contributed by atoms with E-state index in [4.69, 9.17) is 4.74 Å². The third kappa shape index (κ3) is 7.67. The molecular weight excluding hydrogens is 280 g/mol. The van der Waals surface area contributed by atoms with Crippen LogP contribution >= 0.6 is 0 Å². The van der Waals surface area contributed by atoms with E-state index in [2.05, 4.69) is 17.6 Å². The second-order valence-electron chi connectivity index (χ2n) is 6.29. The van der Waals surface area contributed by atoms with Crippen LogP contribution in [0, 0.1) is 0 Å². The lowest BCUT2D eigenvalue weighted by Gasteiger charge is -2.19. The van der Waals surface area contributed by atoms with E-state index in [9.17, 15) is 9.59 Å². The van der Waals surface area contributed by atoms with Crippen molar-refractivity contribution in [1.82, 2.24) is 10.6 Å². The Labute approximate surface area is 132 Å². The molecule has 0 saturated carbocycles. The summed E-state index contributed by atoms with van der Waals surface area (Å²) in [6, 6.07) is 10.0. The molecule has 0 fully saturated rings. The first kappa shape index (κ1) is 18.0. The second-order valence-corrected chi connectivity index (χ2v) is 6.29. The summed E-state index contributed by atoms with van der Waals surface area (Å²) in [5, 5.41) is 5.44. The van der Waals surface area contributed by atoms with Crippen LogP contribution in [0.1, 0.15) is 45.6 Å². The molecule has 0 radical (unpaired) electrons. The van der Waals surface area contributed by atoms with Gasteiger partial charge in [-0.15, -0.1) is 0 Å². The number of rotatable bonds is 6. The Morgan fingerprint density at radius 1 is 1.14 bits per heavy atom. The van der Waals surface area contributed by atoms with Crippen LogP contribution in [0.3, 0.4) is 0 Å². The average Bonchev–Trinajstić information content (AvgIpc) is 2.43. The van der Waals surface area contributed by atoms with Crippen LogP contribution in [-0.2, 0) is 9.53 Å². The van der Waals surface area contributed by atoms with Gasteiger partial charge in [-0.3, -0.25) is 4.79 Å². The summed E-state index contributed by atoms with van der Waals surface area (Å²) in [6.07, 6.45) is -0.265. The summed E-state index contributed by atoms with van der Waals surface area (Å²) in [6.45, 7) is 8.29. The molecule has 5 nitrogen and oxygen atoms in total. The molecule has 1 rings (SSSR count). The van der Waals surface area contributed by atoms with Crippen LogP contribution in [0.4, 0.5) is 4.79 Å². The predicted octanol–water partition coefficient (Wildman–Crippen LogP) is 2.82. The number of hydrogen-bond donors (Lipinski definition) is 2. The number of benzene rings is 1. The number of nitrogens with one attached hydrogen (secondary N) is 2. The van der Waals surface area contributed by atoms with Gasteiger partial charge in [0, 0.05) is 19.5 Å². The molecule has 0 aliphatic rings. The van der Waals surface area contributed by atoms with Crippen LogP contribution in [0.2, 0.25) is 0 Å². The first-order chi connectivity index (χ1) is 10.3. The zero-order chi connectivity index (χ0) is 16.6. The molecule has 1 atom stereocenters. The fourth-order valence-corrected chi connectivity index (χ4v) is 1.85. The Balaban J connectivity index is 2.20. The van der Waals surface area contributed by atoms with E-state index < -0.39 is 11.7 Å². The monoisotopic (exact) mass is 306 g/mol. The highest BCUT2D eigenvalue weighted by Gasteiger charge is 2.16. The van der Waals surface area contributed by atoms with Crippen molar-refractivity contribution in [1.29, 1.82) is 0 Å². The SMILES string of the molecule is C[C@H](CNC(=O)CCNC(=O)OC(C)(C)C)c1ccccc1. The van der Waals surface area contributed by atoms with Crippen LogP contribution in [0.25, 0.3) is 0 Å². The van der Waals surface area contributed by atoms with Crippen molar-refractivity contribution in [2.24, 2.45) is 0 Å². The van der Waals surface area contributed by atoms with Crippen molar-refractivity contribution in [2.75, 3.05) is 13.1 Å². The number of carbonyl (C=O) groups is 2. The molecule has 5 heteroatoms. The van der Waals surface area contributed by atoms with Crippen LogP contribution in [0.15, 0.2) is 30.3 Å². The van der Waals surface area contributed by atoms with Gasteiger partial charge >= 0.3 is 6.09 Å². The minimum atomic E-state index is -0.530. The predicted molar refractivity (Wildman–Crippen MR) is 86.7 cm³/mol. The lowest BCUT2D eigenvalue weighted by Crippen LogP contribution is -2.35. The molecule has 122 valence electrons. The Morgan fingerprint density at radius 3 is 2.36 bits per heavy atom. The highest BCUT2D eigenvalue weighted by molar-refractivity contribution is 5.77. The van der Waals surface area contributed by atoms with E-state index in [1.165, 1.54) is 5.56 Å². The molecule has 0 aliphatic heterocycles. The van der Waals surface area contributed by atoms with Gasteiger partial charge in [0.1, 0.15) is 5.60 Å². The van der Waals surface area contributed by atoms with Crippen LogP contribution < -0.4 is 10.6 Å². The molecule has 0 bridgehead atoms. The maximum absolute atomic E-state index is 11.7. The molecule has 1 aromatic rings. The van der Waals surface area contributed by atoms with Gasteiger partial charge in [0.15, 0.2) is 0 Å². The van der Waals surface area contributed by atoms with Gasteiger partial charge in [-0.25, -0.2) is 4.79 Å². The van der Waals surface area contributed by atoms with E-state index in [-0.39, 0.29) is 24.8 Å². The summed E-state index contributed by atoms with van der Waals surface area (Å²) in [4.78, 5) is 23.2. The summed E-state index contributed by atoms with van der Waals surface area (Å²) in [5.41, 5.74) is 0.659. The molecule has 0 aromatic heterocycles. The van der Waals surface area contributed by atoms with E-state index in [0.29, 0.717) is 6.54 Å². The van der Waals surface area contributed by atoms with Gasteiger partial charge < -0.3 is 15.4 Å². The Morgan fingerprint density at radius 2 is 1.77 bits per heavy atom. The normalized spacial score (nSPS) is 12.4. The third-order valence-corrected chi connectivity index (χ3v) is 2.99. The zero-order valence-corrected chi connectivity index (χ0v) is 13.8. The summed E-state index contributed by atoms with van der Waals surface area (Å²) < 4.78 is 5.09. The standard InChI is InChI=1S/C17H26N2O3/c1-13(14-8-6-5-7-9-14)12-19-15(20)10-11-18-16(21)22-17(2,3)4/h5-9,13H,10-12H2,1-4H3,(H,18,21)(H,19,20)/t13-/m1/s1. The highest BCUT2D eigenvalue weighted by Crippen LogP contribution is 2.12. The molecular formula is C17H26N2O3. The molecule has 1 aromatic carbocycles. The fourth-order valence-electron chi connectivity index (χ4n) is 1.85. The largest absolute Gasteiger partial charge is 0.444 e. The average molecular weight is 306 g/mol. The van der Waals surface area contributed by atoms with Crippen molar-refractivity contribution >= 4 is 12.0 Å². The molecule has 0 spiro atoms. The minimum absolute atomic E-state index is 0.0844. The Kier molecular flexibility index (Phi) is 6.89. The van der Waals surface area contributed by atoms with Gasteiger partial charge in [0.25, 0.3) is 0 Å². The molecule has 2 N–H and O–H groups in total. The Bertz CT molecular complexity index is 480. The van der Waals surface area contributed by atoms with E-state index in [1.54, 1.807) is 20.8 Å². The molecule has 0 aliphatic carbocycles. The van der Waals surface area contributed by atoms with E-state index in [0.717, 1.165) is 0 Å². The molecule has 0 heterocycles. The van der Waals surface area contributed by atoms with E-state index >= 15 is 0 Å². The Hall–Kier alpha value is -2.04. The number of amides is 2. The van der Waals surface area contributed by atoms with Crippen molar-refractivity contribution < 1.29 is 14.3 Å². The topological polar surface area (TPSA) is 67.4 Å². The van der Waals surface area contributed by atoms with Crippen molar-refractivity contribution in [3.63, 3.8) is 0 Å². The van der Waals surface area contributed by atoms with Crippen LogP contribution in [0.5, 0.6) is 0 Å². The number of ether oxygens (including phenoxy) is 1. The van der Waals surface area contributed by atoms with E-state index in [1.807, 2.05) is 30.3 Å². The molecule has 0 saturated heterocycles.